The van der Waals surface area contributed by atoms with Crippen LogP contribution in [0.3, 0.4) is 0 Å². The minimum atomic E-state index is -3.42. The third kappa shape index (κ3) is 5.65. The van der Waals surface area contributed by atoms with Crippen LogP contribution in [0.4, 0.5) is 10.1 Å². The van der Waals surface area contributed by atoms with Gasteiger partial charge in [-0.2, -0.15) is 5.10 Å². The fourth-order valence-electron chi connectivity index (χ4n) is 4.80. The quantitative estimate of drug-likeness (QED) is 0.196. The molecule has 0 radical (unpaired) electrons. The summed E-state index contributed by atoms with van der Waals surface area (Å²) in [6, 6.07) is 12.5. The zero-order valence-corrected chi connectivity index (χ0v) is 23.3. The zero-order valence-electron chi connectivity index (χ0n) is 22.5. The number of fused-ring (bicyclic) bond motifs is 2. The fourth-order valence-corrected chi connectivity index (χ4v) is 5.23. The lowest BCUT2D eigenvalue weighted by atomic mass is 10.0. The van der Waals surface area contributed by atoms with Gasteiger partial charge in [0.2, 0.25) is 10.0 Å². The Morgan fingerprint density at radius 1 is 0.976 bits per heavy atom. The second-order valence-corrected chi connectivity index (χ2v) is 12.0. The van der Waals surface area contributed by atoms with Crippen LogP contribution in [-0.4, -0.2) is 50.8 Å². The molecule has 4 N–H and O–H groups in total. The predicted octanol–water partition coefficient (Wildman–Crippen LogP) is 5.24. The van der Waals surface area contributed by atoms with Crippen molar-refractivity contribution in [3.63, 3.8) is 0 Å². The van der Waals surface area contributed by atoms with Crippen LogP contribution in [0.5, 0.6) is 0 Å². The van der Waals surface area contributed by atoms with Crippen molar-refractivity contribution in [3.05, 3.63) is 78.6 Å². The van der Waals surface area contributed by atoms with Gasteiger partial charge in [-0.05, 0) is 73.0 Å². The number of rotatable bonds is 8. The second kappa shape index (κ2) is 10.4. The predicted molar refractivity (Wildman–Crippen MR) is 158 cm³/mol. The van der Waals surface area contributed by atoms with E-state index >= 15 is 0 Å². The molecule has 0 aliphatic rings. The number of nitrogens with zero attached hydrogens (tertiary/aromatic N) is 4. The third-order valence-electron chi connectivity index (χ3n) is 6.53. The van der Waals surface area contributed by atoms with Crippen LogP contribution < -0.4 is 10.0 Å². The Morgan fingerprint density at radius 3 is 2.63 bits per heavy atom. The minimum absolute atomic E-state index is 0.0161. The average Bonchev–Trinajstić information content (AvgIpc) is 3.54. The van der Waals surface area contributed by atoms with Gasteiger partial charge in [0.25, 0.3) is 0 Å². The molecule has 0 aliphatic heterocycles. The van der Waals surface area contributed by atoms with Gasteiger partial charge in [0.1, 0.15) is 17.2 Å². The molecular weight excluding hydrogens is 543 g/mol. The Hall–Kier alpha value is -4.68. The summed E-state index contributed by atoms with van der Waals surface area (Å²) < 4.78 is 40.1. The molecule has 0 spiro atoms. The molecular formula is C29H27FN8O2S. The van der Waals surface area contributed by atoms with Gasteiger partial charge < -0.3 is 10.3 Å². The summed E-state index contributed by atoms with van der Waals surface area (Å²) in [6.45, 7) is 4.12. The van der Waals surface area contributed by atoms with Gasteiger partial charge in [-0.15, -0.1) is 0 Å². The second-order valence-electron chi connectivity index (χ2n) is 10.2. The molecule has 208 valence electrons. The molecule has 0 aliphatic carbocycles. The van der Waals surface area contributed by atoms with Crippen LogP contribution >= 0.6 is 0 Å². The van der Waals surface area contributed by atoms with E-state index in [0.717, 1.165) is 50.7 Å². The average molecular weight is 571 g/mol. The number of hydrogen-bond donors (Lipinski definition) is 4. The molecule has 0 saturated heterocycles. The highest BCUT2D eigenvalue weighted by atomic mass is 32.2. The third-order valence-corrected chi connectivity index (χ3v) is 7.20. The highest BCUT2D eigenvalue weighted by molar-refractivity contribution is 7.88. The summed E-state index contributed by atoms with van der Waals surface area (Å²) in [6.07, 6.45) is 8.01. The first-order valence-corrected chi connectivity index (χ1v) is 14.8. The van der Waals surface area contributed by atoms with Crippen LogP contribution in [0, 0.1) is 5.82 Å². The summed E-state index contributed by atoms with van der Waals surface area (Å²) in [5.74, 6) is -0.464. The zero-order chi connectivity index (χ0) is 28.7. The molecule has 5 aromatic heterocycles. The van der Waals surface area contributed by atoms with E-state index in [1.807, 2.05) is 18.2 Å². The first-order valence-electron chi connectivity index (χ1n) is 12.9. The fraction of sp³-hybridized carbons (Fsp3) is 0.172. The Labute approximate surface area is 235 Å². The molecule has 0 fully saturated rings. The summed E-state index contributed by atoms with van der Waals surface area (Å²) in [5.41, 5.74) is 7.20. The van der Waals surface area contributed by atoms with Crippen LogP contribution in [-0.2, 0) is 16.6 Å². The smallest absolute Gasteiger partial charge is 0.209 e. The van der Waals surface area contributed by atoms with Crippen molar-refractivity contribution in [1.82, 2.24) is 34.9 Å². The summed E-state index contributed by atoms with van der Waals surface area (Å²) >= 11 is 0. The Bertz CT molecular complexity index is 2020. The number of pyridine rings is 3. The van der Waals surface area contributed by atoms with Crippen molar-refractivity contribution in [1.29, 1.82) is 0 Å². The lowest BCUT2D eigenvalue weighted by Crippen LogP contribution is -2.21. The maximum Gasteiger partial charge on any atom is 0.209 e. The van der Waals surface area contributed by atoms with E-state index in [1.54, 1.807) is 36.9 Å². The summed E-state index contributed by atoms with van der Waals surface area (Å²) in [5, 5.41) is 12.6. The largest absolute Gasteiger partial charge is 0.382 e. The molecule has 0 amide bonds. The molecule has 0 unspecified atom stereocenters. The molecule has 6 aromatic rings. The van der Waals surface area contributed by atoms with Crippen molar-refractivity contribution in [2.45, 2.75) is 26.4 Å². The number of benzene rings is 1. The highest BCUT2D eigenvalue weighted by Gasteiger charge is 2.16. The van der Waals surface area contributed by atoms with Crippen LogP contribution in [0.2, 0.25) is 0 Å². The van der Waals surface area contributed by atoms with Crippen LogP contribution in [0.15, 0.2) is 67.3 Å². The molecule has 1 aromatic carbocycles. The topological polar surface area (TPSA) is 141 Å². The van der Waals surface area contributed by atoms with Crippen molar-refractivity contribution < 1.29 is 12.8 Å². The number of H-pyrrole nitrogens is 2. The van der Waals surface area contributed by atoms with E-state index in [1.165, 1.54) is 12.1 Å². The van der Waals surface area contributed by atoms with E-state index in [2.05, 4.69) is 54.0 Å². The minimum Gasteiger partial charge on any atom is -0.382 e. The van der Waals surface area contributed by atoms with E-state index in [4.69, 9.17) is 0 Å². The summed E-state index contributed by atoms with van der Waals surface area (Å²) in [4.78, 5) is 16.8. The van der Waals surface area contributed by atoms with Gasteiger partial charge in [0.15, 0.2) is 0 Å². The lowest BCUT2D eigenvalue weighted by molar-refractivity contribution is 0.586. The molecule has 0 atom stereocenters. The number of halogens is 1. The van der Waals surface area contributed by atoms with E-state index in [9.17, 15) is 12.8 Å². The Balaban J connectivity index is 1.40. The van der Waals surface area contributed by atoms with Gasteiger partial charge in [-0.3, -0.25) is 15.1 Å². The Morgan fingerprint density at radius 2 is 1.83 bits per heavy atom. The number of anilines is 1. The highest BCUT2D eigenvalue weighted by Crippen LogP contribution is 2.34. The number of hydrogen-bond acceptors (Lipinski definition) is 7. The number of aromatic amines is 2. The monoisotopic (exact) mass is 570 g/mol. The first kappa shape index (κ1) is 26.5. The van der Waals surface area contributed by atoms with E-state index < -0.39 is 15.8 Å². The number of sulfonamides is 1. The van der Waals surface area contributed by atoms with E-state index in [0.29, 0.717) is 22.5 Å². The van der Waals surface area contributed by atoms with Gasteiger partial charge >= 0.3 is 0 Å². The lowest BCUT2D eigenvalue weighted by Gasteiger charge is -2.10. The maximum absolute atomic E-state index is 14.6. The first-order chi connectivity index (χ1) is 19.6. The molecule has 0 bridgehead atoms. The summed E-state index contributed by atoms with van der Waals surface area (Å²) in [7, 11) is -3.42. The van der Waals surface area contributed by atoms with Crippen molar-refractivity contribution >= 4 is 37.6 Å². The van der Waals surface area contributed by atoms with Crippen molar-refractivity contribution in [2.24, 2.45) is 0 Å². The number of nitrogens with one attached hydrogen (secondary N) is 4. The van der Waals surface area contributed by atoms with Gasteiger partial charge in [-0.25, -0.2) is 22.5 Å². The van der Waals surface area contributed by atoms with Crippen molar-refractivity contribution in [3.8, 4) is 33.8 Å². The molecule has 10 nitrogen and oxygen atoms in total. The SMILES string of the molecule is CC(C)Nc1cncc(-c2cc3c(-c4cc5c(-c6cc(F)cc(CNS(C)(=O)=O)c6)ccnc5[nH]4)n[nH]c3cn2)c1. The van der Waals surface area contributed by atoms with Crippen LogP contribution in [0.25, 0.3) is 55.7 Å². The van der Waals surface area contributed by atoms with Gasteiger partial charge in [0.05, 0.1) is 35.0 Å². The molecule has 5 heterocycles. The van der Waals surface area contributed by atoms with Crippen molar-refractivity contribution in [2.75, 3.05) is 11.6 Å². The molecule has 6 rings (SSSR count). The van der Waals surface area contributed by atoms with E-state index in [-0.39, 0.29) is 12.6 Å². The van der Waals surface area contributed by atoms with Gasteiger partial charge in [0, 0.05) is 47.5 Å². The molecule has 0 saturated carbocycles. The molecule has 41 heavy (non-hydrogen) atoms. The number of aromatic nitrogens is 6. The Kier molecular flexibility index (Phi) is 6.72. The molecule has 12 heteroatoms. The standard InChI is InChI=1S/C29H27FN8O2S/c1-16(2)35-21-9-19(13-31-14-21)25-11-24-27(15-33-25)37-38-28(24)26-10-23-22(4-5-32-29(23)36-26)18-6-17(7-20(30)8-18)12-34-41(3,39)40/h4-11,13-16,34-35H,12H2,1-3H3,(H,32,36)(H,37,38). The normalized spacial score (nSPS) is 12.0. The van der Waals surface area contributed by atoms with Crippen LogP contribution in [0.1, 0.15) is 19.4 Å². The maximum atomic E-state index is 14.6. The van der Waals surface area contributed by atoms with Gasteiger partial charge in [-0.1, -0.05) is 0 Å².